The smallest absolute Gasteiger partial charge is 0.231 e. The maximum Gasteiger partial charge on any atom is 0.231 e. The van der Waals surface area contributed by atoms with Gasteiger partial charge in [0.2, 0.25) is 12.7 Å². The number of halogens is 1. The summed E-state index contributed by atoms with van der Waals surface area (Å²) in [5, 5.41) is 11.4. The van der Waals surface area contributed by atoms with Gasteiger partial charge in [0.25, 0.3) is 0 Å². The number of fused-ring (bicyclic) bond motifs is 1. The molecular formula is C18H19ClN4O3. The molecule has 0 radical (unpaired) electrons. The highest BCUT2D eigenvalue weighted by molar-refractivity contribution is 6.29. The van der Waals surface area contributed by atoms with Gasteiger partial charge < -0.3 is 19.7 Å². The van der Waals surface area contributed by atoms with E-state index >= 15 is 0 Å². The first-order valence-electron chi connectivity index (χ1n) is 8.59. The van der Waals surface area contributed by atoms with Gasteiger partial charge in [-0.15, -0.1) is 10.2 Å². The number of ether oxygens (including phenoxy) is 2. The summed E-state index contributed by atoms with van der Waals surface area (Å²) < 4.78 is 10.7. The Morgan fingerprint density at radius 3 is 2.96 bits per heavy atom. The van der Waals surface area contributed by atoms with Gasteiger partial charge in [-0.2, -0.15) is 0 Å². The van der Waals surface area contributed by atoms with Gasteiger partial charge in [0.05, 0.1) is 5.92 Å². The third kappa shape index (κ3) is 3.67. The summed E-state index contributed by atoms with van der Waals surface area (Å²) in [4.78, 5) is 14.7. The van der Waals surface area contributed by atoms with Crippen molar-refractivity contribution in [2.45, 2.75) is 19.4 Å². The van der Waals surface area contributed by atoms with Crippen molar-refractivity contribution in [3.63, 3.8) is 0 Å². The molecular weight excluding hydrogens is 356 g/mol. The molecule has 0 spiro atoms. The summed E-state index contributed by atoms with van der Waals surface area (Å²) in [7, 11) is 0. The average molecular weight is 375 g/mol. The summed E-state index contributed by atoms with van der Waals surface area (Å²) in [5.74, 6) is 2.20. The predicted octanol–water partition coefficient (Wildman–Crippen LogP) is 2.39. The normalized spacial score (nSPS) is 18.7. The van der Waals surface area contributed by atoms with Crippen molar-refractivity contribution in [1.29, 1.82) is 0 Å². The highest BCUT2D eigenvalue weighted by Gasteiger charge is 2.26. The van der Waals surface area contributed by atoms with Crippen LogP contribution >= 0.6 is 11.6 Å². The third-order valence-corrected chi connectivity index (χ3v) is 4.84. The van der Waals surface area contributed by atoms with Crippen molar-refractivity contribution < 1.29 is 14.3 Å². The molecule has 7 nitrogen and oxygen atoms in total. The Labute approximate surface area is 156 Å². The monoisotopic (exact) mass is 374 g/mol. The summed E-state index contributed by atoms with van der Waals surface area (Å²) in [6, 6.07) is 9.25. The first-order chi connectivity index (χ1) is 12.7. The second-order valence-electron chi connectivity index (χ2n) is 6.40. The molecule has 1 amide bonds. The molecule has 0 saturated carbocycles. The van der Waals surface area contributed by atoms with Gasteiger partial charge in [-0.05, 0) is 42.7 Å². The van der Waals surface area contributed by atoms with Gasteiger partial charge in [0, 0.05) is 19.6 Å². The molecule has 1 saturated heterocycles. The van der Waals surface area contributed by atoms with Gasteiger partial charge in [0.1, 0.15) is 0 Å². The van der Waals surface area contributed by atoms with E-state index in [1.807, 2.05) is 24.3 Å². The van der Waals surface area contributed by atoms with Crippen molar-refractivity contribution in [3.05, 3.63) is 41.0 Å². The molecule has 4 rings (SSSR count). The maximum atomic E-state index is 12.6. The van der Waals surface area contributed by atoms with E-state index in [1.54, 1.807) is 6.07 Å². The molecule has 1 aromatic carbocycles. The van der Waals surface area contributed by atoms with Gasteiger partial charge in [-0.1, -0.05) is 17.7 Å². The van der Waals surface area contributed by atoms with E-state index in [2.05, 4.69) is 20.4 Å². The van der Waals surface area contributed by atoms with E-state index in [0.29, 0.717) is 18.2 Å². The largest absolute Gasteiger partial charge is 0.454 e. The number of nitrogens with one attached hydrogen (secondary N) is 1. The molecule has 2 aromatic rings. The van der Waals surface area contributed by atoms with Crippen molar-refractivity contribution in [3.8, 4) is 11.5 Å². The van der Waals surface area contributed by atoms with Gasteiger partial charge in [0.15, 0.2) is 22.5 Å². The van der Waals surface area contributed by atoms with Crippen LogP contribution < -0.4 is 19.7 Å². The second-order valence-corrected chi connectivity index (χ2v) is 6.79. The summed E-state index contributed by atoms with van der Waals surface area (Å²) in [5.41, 5.74) is 0.985. The number of rotatable bonds is 4. The van der Waals surface area contributed by atoms with Gasteiger partial charge in [-0.25, -0.2) is 0 Å². The lowest BCUT2D eigenvalue weighted by molar-refractivity contribution is -0.125. The molecule has 0 unspecified atom stereocenters. The van der Waals surface area contributed by atoms with E-state index in [4.69, 9.17) is 21.1 Å². The highest BCUT2D eigenvalue weighted by Crippen LogP contribution is 2.32. The molecule has 0 aliphatic carbocycles. The van der Waals surface area contributed by atoms with Crippen molar-refractivity contribution in [1.82, 2.24) is 15.5 Å². The number of carbonyl (C=O) groups excluding carboxylic acids is 1. The Bertz CT molecular complexity index is 800. The number of nitrogens with zero attached hydrogens (tertiary/aromatic N) is 3. The van der Waals surface area contributed by atoms with Crippen LogP contribution in [0.2, 0.25) is 5.15 Å². The summed E-state index contributed by atoms with van der Waals surface area (Å²) in [6.07, 6.45) is 1.80. The number of benzene rings is 1. The number of aromatic nitrogens is 2. The second kappa shape index (κ2) is 7.37. The first kappa shape index (κ1) is 16.9. The number of piperidine rings is 1. The zero-order chi connectivity index (χ0) is 17.9. The van der Waals surface area contributed by atoms with Crippen LogP contribution in [-0.2, 0) is 11.3 Å². The number of anilines is 1. The number of hydrogen-bond donors (Lipinski definition) is 1. The van der Waals surface area contributed by atoms with Crippen molar-refractivity contribution >= 4 is 23.3 Å². The number of amides is 1. The van der Waals surface area contributed by atoms with Crippen LogP contribution in [0.1, 0.15) is 18.4 Å². The third-order valence-electron chi connectivity index (χ3n) is 4.64. The van der Waals surface area contributed by atoms with E-state index < -0.39 is 0 Å². The minimum absolute atomic E-state index is 0.0503. The maximum absolute atomic E-state index is 12.6. The number of carbonyl (C=O) groups is 1. The van der Waals surface area contributed by atoms with Crippen molar-refractivity contribution in [2.24, 2.45) is 5.92 Å². The van der Waals surface area contributed by atoms with Crippen LogP contribution in [0, 0.1) is 5.92 Å². The van der Waals surface area contributed by atoms with E-state index in [-0.39, 0.29) is 18.6 Å². The molecule has 0 bridgehead atoms. The molecule has 2 aliphatic rings. The van der Waals surface area contributed by atoms with Crippen molar-refractivity contribution in [2.75, 3.05) is 24.8 Å². The predicted molar refractivity (Wildman–Crippen MR) is 96.4 cm³/mol. The molecule has 1 fully saturated rings. The van der Waals surface area contributed by atoms with Crippen LogP contribution in [0.4, 0.5) is 5.82 Å². The van der Waals surface area contributed by atoms with E-state index in [9.17, 15) is 4.79 Å². The van der Waals surface area contributed by atoms with Crippen LogP contribution in [0.5, 0.6) is 11.5 Å². The lowest BCUT2D eigenvalue weighted by atomic mass is 9.97. The van der Waals surface area contributed by atoms with Crippen LogP contribution in [-0.4, -0.2) is 36.0 Å². The molecule has 136 valence electrons. The van der Waals surface area contributed by atoms with Gasteiger partial charge in [-0.3, -0.25) is 4.79 Å². The van der Waals surface area contributed by atoms with E-state index in [1.165, 1.54) is 0 Å². The summed E-state index contributed by atoms with van der Waals surface area (Å²) >= 11 is 5.79. The lowest BCUT2D eigenvalue weighted by Gasteiger charge is -2.32. The fourth-order valence-corrected chi connectivity index (χ4v) is 3.36. The molecule has 1 N–H and O–H groups in total. The van der Waals surface area contributed by atoms with Crippen LogP contribution in [0.3, 0.4) is 0 Å². The molecule has 3 heterocycles. The SMILES string of the molecule is O=C(NCc1ccc2c(c1)OCO2)[C@@H]1CCCN(c2ccc(Cl)nn2)C1. The minimum atomic E-state index is -0.0739. The quantitative estimate of drug-likeness (QED) is 0.885. The lowest BCUT2D eigenvalue weighted by Crippen LogP contribution is -2.43. The molecule has 26 heavy (non-hydrogen) atoms. The minimum Gasteiger partial charge on any atom is -0.454 e. The molecule has 8 heteroatoms. The molecule has 1 aromatic heterocycles. The standard InChI is InChI=1S/C18H19ClN4O3/c19-16-5-6-17(22-21-16)23-7-1-2-13(10-23)18(24)20-9-12-3-4-14-15(8-12)26-11-25-14/h3-6,8,13H,1-2,7,9-11H2,(H,20,24)/t13-/m1/s1. The van der Waals surface area contributed by atoms with Gasteiger partial charge >= 0.3 is 0 Å². The number of hydrogen-bond acceptors (Lipinski definition) is 6. The topological polar surface area (TPSA) is 76.6 Å². The molecule has 2 aliphatic heterocycles. The van der Waals surface area contributed by atoms with E-state index in [0.717, 1.165) is 42.3 Å². The fraction of sp³-hybridized carbons (Fsp3) is 0.389. The Morgan fingerprint density at radius 1 is 1.23 bits per heavy atom. The Kier molecular flexibility index (Phi) is 4.79. The Hall–Kier alpha value is -2.54. The first-order valence-corrected chi connectivity index (χ1v) is 8.97. The summed E-state index contributed by atoms with van der Waals surface area (Å²) in [6.45, 7) is 2.20. The zero-order valence-electron chi connectivity index (χ0n) is 14.2. The zero-order valence-corrected chi connectivity index (χ0v) is 14.9. The van der Waals surface area contributed by atoms with Crippen LogP contribution in [0.15, 0.2) is 30.3 Å². The molecule has 1 atom stereocenters. The average Bonchev–Trinajstić information content (AvgIpc) is 3.14. The Morgan fingerprint density at radius 2 is 2.12 bits per heavy atom. The Balaban J connectivity index is 1.34. The fourth-order valence-electron chi connectivity index (χ4n) is 3.26. The highest BCUT2D eigenvalue weighted by atomic mass is 35.5. The van der Waals surface area contributed by atoms with Crippen LogP contribution in [0.25, 0.3) is 0 Å².